The number of ether oxygens (including phenoxy) is 1. The second-order valence-electron chi connectivity index (χ2n) is 5.85. The van der Waals surface area contributed by atoms with Gasteiger partial charge in [-0.05, 0) is 12.5 Å². The number of piperidine rings is 1. The van der Waals surface area contributed by atoms with E-state index in [0.717, 1.165) is 11.1 Å². The molecule has 4 heterocycles. The number of rotatable bonds is 5. The van der Waals surface area contributed by atoms with E-state index in [1.54, 1.807) is 18.6 Å². The van der Waals surface area contributed by atoms with Gasteiger partial charge in [-0.25, -0.2) is 4.68 Å². The largest absolute Gasteiger partial charge is 0.487 e. The molecule has 3 aromatic heterocycles. The van der Waals surface area contributed by atoms with Gasteiger partial charge in [0.05, 0.1) is 11.8 Å². The van der Waals surface area contributed by atoms with Crippen LogP contribution in [0.5, 0.6) is 5.75 Å². The molecule has 3 aromatic rings. The number of imide groups is 1. The van der Waals surface area contributed by atoms with Crippen molar-refractivity contribution in [2.75, 3.05) is 0 Å². The summed E-state index contributed by atoms with van der Waals surface area (Å²) >= 11 is 1.50. The molecule has 0 bridgehead atoms. The highest BCUT2D eigenvalue weighted by atomic mass is 32.1. The van der Waals surface area contributed by atoms with Crippen LogP contribution in [0.2, 0.25) is 0 Å². The van der Waals surface area contributed by atoms with Crippen molar-refractivity contribution < 1.29 is 14.3 Å². The molecule has 1 unspecified atom stereocenters. The third-order valence-corrected chi connectivity index (χ3v) is 4.78. The number of amides is 2. The van der Waals surface area contributed by atoms with E-state index in [1.165, 1.54) is 16.0 Å². The molecule has 4 rings (SSSR count). The minimum atomic E-state index is -0.521. The maximum absolute atomic E-state index is 12.0. The summed E-state index contributed by atoms with van der Waals surface area (Å²) in [5.41, 5.74) is 2.41. The van der Waals surface area contributed by atoms with Crippen molar-refractivity contribution in [1.82, 2.24) is 25.3 Å². The van der Waals surface area contributed by atoms with Gasteiger partial charge in [-0.1, -0.05) is 11.3 Å². The van der Waals surface area contributed by atoms with Crippen molar-refractivity contribution in [2.24, 2.45) is 0 Å². The number of thiophene rings is 1. The molecule has 1 N–H and O–H groups in total. The molecule has 0 saturated carbocycles. The first-order valence-electron chi connectivity index (χ1n) is 8.04. The Kier molecular flexibility index (Phi) is 4.44. The van der Waals surface area contributed by atoms with Gasteiger partial charge in [-0.15, -0.1) is 16.4 Å². The topological polar surface area (TPSA) is 99.0 Å². The van der Waals surface area contributed by atoms with Crippen molar-refractivity contribution in [1.29, 1.82) is 0 Å². The van der Waals surface area contributed by atoms with Crippen LogP contribution in [0.3, 0.4) is 0 Å². The zero-order chi connectivity index (χ0) is 17.9. The Balaban J connectivity index is 1.51. The van der Waals surface area contributed by atoms with Crippen LogP contribution in [0.4, 0.5) is 0 Å². The number of hydrogen-bond acceptors (Lipinski definition) is 7. The standard InChI is InChI=1S/C17H15N5O3S/c23-16-4-3-14(17(24)19-16)22-7-13(20-21-22)12-9-26-10-15(12)25-8-11-2-1-5-18-6-11/h1-2,5-7,9-10,14H,3-4,8H2,(H,19,23,24). The molecule has 1 saturated heterocycles. The zero-order valence-corrected chi connectivity index (χ0v) is 14.5. The monoisotopic (exact) mass is 369 g/mol. The minimum Gasteiger partial charge on any atom is -0.487 e. The first-order valence-corrected chi connectivity index (χ1v) is 8.99. The normalized spacial score (nSPS) is 17.2. The van der Waals surface area contributed by atoms with Crippen LogP contribution in [-0.4, -0.2) is 31.8 Å². The van der Waals surface area contributed by atoms with Gasteiger partial charge >= 0.3 is 0 Å². The molecular formula is C17H15N5O3S. The molecular weight excluding hydrogens is 354 g/mol. The van der Waals surface area contributed by atoms with Crippen LogP contribution >= 0.6 is 11.3 Å². The molecule has 0 spiro atoms. The van der Waals surface area contributed by atoms with Crippen LogP contribution in [0.1, 0.15) is 24.4 Å². The van der Waals surface area contributed by atoms with Gasteiger partial charge in [0.2, 0.25) is 5.91 Å². The highest BCUT2D eigenvalue weighted by Gasteiger charge is 2.29. The maximum atomic E-state index is 12.0. The average molecular weight is 369 g/mol. The summed E-state index contributed by atoms with van der Waals surface area (Å²) in [7, 11) is 0. The van der Waals surface area contributed by atoms with E-state index in [9.17, 15) is 9.59 Å². The molecule has 1 aliphatic heterocycles. The quantitative estimate of drug-likeness (QED) is 0.690. The van der Waals surface area contributed by atoms with Crippen LogP contribution in [0.15, 0.2) is 41.5 Å². The molecule has 1 aliphatic rings. The van der Waals surface area contributed by atoms with E-state index in [0.29, 0.717) is 30.9 Å². The highest BCUT2D eigenvalue weighted by molar-refractivity contribution is 7.08. The summed E-state index contributed by atoms with van der Waals surface area (Å²) in [4.78, 5) is 27.3. The zero-order valence-electron chi connectivity index (χ0n) is 13.7. The molecule has 132 valence electrons. The Morgan fingerprint density at radius 2 is 2.27 bits per heavy atom. The third kappa shape index (κ3) is 3.33. The Hall–Kier alpha value is -3.07. The van der Waals surface area contributed by atoms with E-state index in [-0.39, 0.29) is 11.8 Å². The van der Waals surface area contributed by atoms with E-state index in [2.05, 4.69) is 20.6 Å². The number of nitrogens with zero attached hydrogens (tertiary/aromatic N) is 4. The lowest BCUT2D eigenvalue weighted by Crippen LogP contribution is -2.41. The van der Waals surface area contributed by atoms with Crippen molar-refractivity contribution in [3.63, 3.8) is 0 Å². The number of carbonyl (C=O) groups excluding carboxylic acids is 2. The van der Waals surface area contributed by atoms with Gasteiger partial charge in [0, 0.05) is 35.1 Å². The van der Waals surface area contributed by atoms with Gasteiger partial charge < -0.3 is 4.74 Å². The fourth-order valence-electron chi connectivity index (χ4n) is 2.72. The summed E-state index contributed by atoms with van der Waals surface area (Å²) in [6.07, 6.45) is 5.89. The first-order chi connectivity index (χ1) is 12.7. The SMILES string of the molecule is O=C1CCC(n2cc(-c3cscc3OCc3cccnc3)nn2)C(=O)N1. The second kappa shape index (κ2) is 7.04. The Morgan fingerprint density at radius 1 is 1.35 bits per heavy atom. The average Bonchev–Trinajstić information content (AvgIpc) is 3.30. The van der Waals surface area contributed by atoms with Crippen LogP contribution in [0.25, 0.3) is 11.3 Å². The highest BCUT2D eigenvalue weighted by Crippen LogP contribution is 2.33. The lowest BCUT2D eigenvalue weighted by molar-refractivity contribution is -0.136. The molecule has 8 nitrogen and oxygen atoms in total. The van der Waals surface area contributed by atoms with Crippen molar-refractivity contribution >= 4 is 23.2 Å². The van der Waals surface area contributed by atoms with E-state index < -0.39 is 6.04 Å². The van der Waals surface area contributed by atoms with Gasteiger partial charge in [0.15, 0.2) is 0 Å². The number of hydrogen-bond donors (Lipinski definition) is 1. The van der Waals surface area contributed by atoms with Crippen LogP contribution in [0, 0.1) is 0 Å². The molecule has 2 amide bonds. The first kappa shape index (κ1) is 16.4. The Labute approximate surface area is 152 Å². The van der Waals surface area contributed by atoms with Gasteiger partial charge in [-0.3, -0.25) is 19.9 Å². The number of carbonyl (C=O) groups is 2. The minimum absolute atomic E-state index is 0.254. The lowest BCUT2D eigenvalue weighted by atomic mass is 10.1. The summed E-state index contributed by atoms with van der Waals surface area (Å²) < 4.78 is 7.38. The molecule has 1 atom stereocenters. The van der Waals surface area contributed by atoms with Crippen molar-refractivity contribution in [3.05, 3.63) is 47.0 Å². The Morgan fingerprint density at radius 3 is 3.08 bits per heavy atom. The third-order valence-electron chi connectivity index (χ3n) is 4.06. The molecule has 1 fully saturated rings. The molecule has 9 heteroatoms. The predicted molar refractivity (Wildman–Crippen MR) is 93.3 cm³/mol. The molecule has 0 radical (unpaired) electrons. The van der Waals surface area contributed by atoms with E-state index in [1.807, 2.05) is 22.9 Å². The van der Waals surface area contributed by atoms with E-state index >= 15 is 0 Å². The van der Waals surface area contributed by atoms with Crippen LogP contribution in [-0.2, 0) is 16.2 Å². The fraction of sp³-hybridized carbons (Fsp3) is 0.235. The molecule has 0 aliphatic carbocycles. The van der Waals surface area contributed by atoms with Crippen LogP contribution < -0.4 is 10.1 Å². The summed E-state index contributed by atoms with van der Waals surface area (Å²) in [5.74, 6) is 0.0979. The van der Waals surface area contributed by atoms with Crippen molar-refractivity contribution in [2.45, 2.75) is 25.5 Å². The maximum Gasteiger partial charge on any atom is 0.251 e. The Bertz CT molecular complexity index is 937. The number of nitrogens with one attached hydrogen (secondary N) is 1. The molecule has 0 aromatic carbocycles. The summed E-state index contributed by atoms with van der Waals surface area (Å²) in [6, 6.07) is 3.28. The van der Waals surface area contributed by atoms with Gasteiger partial charge in [0.25, 0.3) is 5.91 Å². The summed E-state index contributed by atoms with van der Waals surface area (Å²) in [5, 5.41) is 14.4. The van der Waals surface area contributed by atoms with Gasteiger partial charge in [-0.2, -0.15) is 0 Å². The van der Waals surface area contributed by atoms with E-state index in [4.69, 9.17) is 4.74 Å². The smallest absolute Gasteiger partial charge is 0.251 e. The number of aromatic nitrogens is 4. The second-order valence-corrected chi connectivity index (χ2v) is 6.59. The lowest BCUT2D eigenvalue weighted by Gasteiger charge is -2.20. The molecule has 26 heavy (non-hydrogen) atoms. The number of pyridine rings is 1. The van der Waals surface area contributed by atoms with Gasteiger partial charge in [0.1, 0.15) is 24.1 Å². The fourth-order valence-corrected chi connectivity index (χ4v) is 3.48. The summed E-state index contributed by atoms with van der Waals surface area (Å²) in [6.45, 7) is 0.402. The predicted octanol–water partition coefficient (Wildman–Crippen LogP) is 1.96. The van der Waals surface area contributed by atoms with Crippen molar-refractivity contribution in [3.8, 4) is 17.0 Å².